The summed E-state index contributed by atoms with van der Waals surface area (Å²) in [5.74, 6) is -0.409. The van der Waals surface area contributed by atoms with Gasteiger partial charge in [0.05, 0.1) is 112 Å². The second-order valence-corrected chi connectivity index (χ2v) is 15.2. The van der Waals surface area contributed by atoms with Gasteiger partial charge in [0.1, 0.15) is 6.61 Å². The third kappa shape index (κ3) is 24.8. The molecule has 0 heterocycles. The molecule has 0 spiro atoms. The van der Waals surface area contributed by atoms with E-state index in [0.717, 1.165) is 0 Å². The highest BCUT2D eigenvalue weighted by atomic mass is 28.4. The lowest BCUT2D eigenvalue weighted by Gasteiger charge is -2.36. The van der Waals surface area contributed by atoms with Gasteiger partial charge in [-0.1, -0.05) is 27.4 Å². The van der Waals surface area contributed by atoms with Gasteiger partial charge in [0.15, 0.2) is 8.32 Å². The van der Waals surface area contributed by atoms with Crippen molar-refractivity contribution in [3.05, 3.63) is 12.2 Å². The maximum absolute atomic E-state index is 11.2. The van der Waals surface area contributed by atoms with E-state index >= 15 is 0 Å². The zero-order valence-corrected chi connectivity index (χ0v) is 26.9. The van der Waals surface area contributed by atoms with E-state index in [1.165, 1.54) is 0 Å². The summed E-state index contributed by atoms with van der Waals surface area (Å²) in [6.45, 7) is 25.0. The van der Waals surface area contributed by atoms with E-state index < -0.39 is 14.3 Å². The van der Waals surface area contributed by atoms with Crippen molar-refractivity contribution in [1.29, 1.82) is 0 Å². The Morgan fingerprint density at radius 3 is 1.02 bits per heavy atom. The van der Waals surface area contributed by atoms with E-state index in [9.17, 15) is 4.79 Å². The van der Waals surface area contributed by atoms with Crippen LogP contribution in [0.15, 0.2) is 12.2 Å². The maximum Gasteiger partial charge on any atom is 0.333 e. The van der Waals surface area contributed by atoms with E-state index in [-0.39, 0.29) is 11.6 Å². The first kappa shape index (κ1) is 39.1. The van der Waals surface area contributed by atoms with E-state index in [1.807, 2.05) is 0 Å². The third-order valence-electron chi connectivity index (χ3n) is 5.91. The quantitative estimate of drug-likeness (QED) is 0.0549. The van der Waals surface area contributed by atoms with Crippen LogP contribution in [-0.2, 0) is 51.9 Å². The molecule has 0 aromatic rings. The molecule has 0 radical (unpaired) electrons. The van der Waals surface area contributed by atoms with Gasteiger partial charge in [-0.3, -0.25) is 0 Å². The van der Waals surface area contributed by atoms with Crippen molar-refractivity contribution in [2.45, 2.75) is 45.8 Å². The van der Waals surface area contributed by atoms with Crippen LogP contribution in [0.4, 0.5) is 0 Å². The Morgan fingerprint density at radius 2 is 0.775 bits per heavy atom. The van der Waals surface area contributed by atoms with Crippen molar-refractivity contribution in [3.63, 3.8) is 0 Å². The van der Waals surface area contributed by atoms with Gasteiger partial charge >= 0.3 is 5.97 Å². The molecule has 40 heavy (non-hydrogen) atoms. The van der Waals surface area contributed by atoms with Gasteiger partial charge in [0.25, 0.3) is 0 Å². The Kier molecular flexibility index (Phi) is 25.2. The van der Waals surface area contributed by atoms with Crippen LogP contribution >= 0.6 is 0 Å². The Labute approximate surface area is 243 Å². The Hall–Kier alpha value is -0.933. The van der Waals surface area contributed by atoms with Gasteiger partial charge in [-0.2, -0.15) is 0 Å². The second kappa shape index (κ2) is 25.8. The Morgan fingerprint density at radius 1 is 0.525 bits per heavy atom. The molecule has 0 saturated carbocycles. The van der Waals surface area contributed by atoms with Crippen molar-refractivity contribution in [2.75, 3.05) is 119 Å². The molecule has 0 N–H and O–H groups in total. The molecule has 0 unspecified atom stereocenters. The molecule has 0 aliphatic heterocycles. The molecule has 0 aliphatic rings. The molecular formula is C28H56O11Si. The van der Waals surface area contributed by atoms with Crippen molar-refractivity contribution in [1.82, 2.24) is 0 Å². The van der Waals surface area contributed by atoms with Crippen LogP contribution in [0, 0.1) is 0 Å². The lowest BCUT2D eigenvalue weighted by atomic mass is 10.2. The van der Waals surface area contributed by atoms with Gasteiger partial charge < -0.3 is 47.1 Å². The summed E-state index contributed by atoms with van der Waals surface area (Å²) in [6, 6.07) is 0. The minimum absolute atomic E-state index is 0.204. The van der Waals surface area contributed by atoms with Crippen molar-refractivity contribution in [2.24, 2.45) is 0 Å². The highest BCUT2D eigenvalue weighted by molar-refractivity contribution is 6.74. The second-order valence-electron chi connectivity index (χ2n) is 10.4. The first-order valence-electron chi connectivity index (χ1n) is 14.2. The summed E-state index contributed by atoms with van der Waals surface area (Å²) in [5.41, 5.74) is 0.373. The first-order chi connectivity index (χ1) is 19.1. The predicted octanol–water partition coefficient (Wildman–Crippen LogP) is 3.26. The normalized spacial score (nSPS) is 12.2. The molecular weight excluding hydrogens is 540 g/mol. The van der Waals surface area contributed by atoms with Crippen LogP contribution in [0.5, 0.6) is 0 Å². The lowest BCUT2D eigenvalue weighted by molar-refractivity contribution is -0.140. The molecule has 0 saturated heterocycles. The maximum atomic E-state index is 11.2. The van der Waals surface area contributed by atoms with E-state index in [4.69, 9.17) is 47.1 Å². The van der Waals surface area contributed by atoms with Gasteiger partial charge in [0, 0.05) is 5.57 Å². The minimum Gasteiger partial charge on any atom is -0.460 e. The van der Waals surface area contributed by atoms with Crippen LogP contribution in [0.1, 0.15) is 27.7 Å². The lowest BCUT2D eigenvalue weighted by Crippen LogP contribution is -2.41. The van der Waals surface area contributed by atoms with Crippen LogP contribution in [0.3, 0.4) is 0 Å². The average Bonchev–Trinajstić information content (AvgIpc) is 2.89. The fourth-order valence-corrected chi connectivity index (χ4v) is 3.56. The van der Waals surface area contributed by atoms with Crippen LogP contribution in [0.2, 0.25) is 18.1 Å². The van der Waals surface area contributed by atoms with Crippen LogP contribution in [-0.4, -0.2) is 133 Å². The molecule has 12 heteroatoms. The number of carbonyl (C=O) groups is 1. The number of ether oxygens (including phenoxy) is 9. The molecule has 0 atom stereocenters. The zero-order valence-electron chi connectivity index (χ0n) is 25.9. The standard InChI is InChI=1S/C28H56O11Si/c1-26(2)27(29)38-24-22-36-20-18-34-16-14-32-12-10-30-8-9-31-11-13-33-15-17-35-19-21-37-23-25-39-40(6,7)28(3,4)5/h1,8-25H2,2-7H3. The largest absolute Gasteiger partial charge is 0.460 e. The number of rotatable bonds is 29. The van der Waals surface area contributed by atoms with Crippen molar-refractivity contribution in [3.8, 4) is 0 Å². The smallest absolute Gasteiger partial charge is 0.333 e. The van der Waals surface area contributed by atoms with Crippen molar-refractivity contribution >= 4 is 14.3 Å². The minimum atomic E-state index is -1.70. The summed E-state index contributed by atoms with van der Waals surface area (Å²) in [5, 5.41) is 0.216. The van der Waals surface area contributed by atoms with Crippen molar-refractivity contribution < 1.29 is 51.9 Å². The summed E-state index contributed by atoms with van der Waals surface area (Å²) in [7, 11) is -1.70. The van der Waals surface area contributed by atoms with Gasteiger partial charge in [-0.15, -0.1) is 0 Å². The molecule has 0 bridgehead atoms. The fourth-order valence-electron chi connectivity index (χ4n) is 2.53. The molecule has 0 amide bonds. The number of hydrogen-bond acceptors (Lipinski definition) is 11. The van der Waals surface area contributed by atoms with Crippen LogP contribution < -0.4 is 0 Å². The van der Waals surface area contributed by atoms with Crippen LogP contribution in [0.25, 0.3) is 0 Å². The molecule has 0 fully saturated rings. The predicted molar refractivity (Wildman–Crippen MR) is 155 cm³/mol. The Bertz CT molecular complexity index is 612. The number of carbonyl (C=O) groups excluding carboxylic acids is 1. The fraction of sp³-hybridized carbons (Fsp3) is 0.893. The first-order valence-corrected chi connectivity index (χ1v) is 17.1. The summed E-state index contributed by atoms with van der Waals surface area (Å²) < 4.78 is 54.6. The molecule has 11 nitrogen and oxygen atoms in total. The number of hydrogen-bond donors (Lipinski definition) is 0. The van der Waals surface area contributed by atoms with E-state index in [2.05, 4.69) is 40.4 Å². The topological polar surface area (TPSA) is 109 Å². The van der Waals surface area contributed by atoms with Gasteiger partial charge in [0.2, 0.25) is 0 Å². The van der Waals surface area contributed by atoms with Gasteiger partial charge in [-0.05, 0) is 25.1 Å². The SMILES string of the molecule is C=C(C)C(=O)OCCOCCOCCOCCOCCOCCOCCOCCOCCO[Si](C)(C)C(C)(C)C. The Balaban J connectivity index is 3.17. The zero-order chi connectivity index (χ0) is 30.0. The molecule has 0 aliphatic carbocycles. The highest BCUT2D eigenvalue weighted by Gasteiger charge is 2.36. The van der Waals surface area contributed by atoms with Gasteiger partial charge in [-0.25, -0.2) is 4.79 Å². The average molecular weight is 597 g/mol. The summed E-state index contributed by atoms with van der Waals surface area (Å²) in [4.78, 5) is 11.2. The van der Waals surface area contributed by atoms with E-state index in [0.29, 0.717) is 118 Å². The summed E-state index contributed by atoms with van der Waals surface area (Å²) >= 11 is 0. The molecule has 0 aromatic heterocycles. The van der Waals surface area contributed by atoms with E-state index in [1.54, 1.807) is 6.92 Å². The highest BCUT2D eigenvalue weighted by Crippen LogP contribution is 2.36. The molecule has 238 valence electrons. The molecule has 0 aromatic carbocycles. The summed E-state index contributed by atoms with van der Waals surface area (Å²) in [6.07, 6.45) is 0. The number of esters is 1. The third-order valence-corrected chi connectivity index (χ3v) is 10.4. The monoisotopic (exact) mass is 596 g/mol. The molecule has 0 rings (SSSR count).